The zero-order valence-corrected chi connectivity index (χ0v) is 49.4. The fraction of sp³-hybridized carbons (Fsp3) is 0.705. The Morgan fingerprint density at radius 1 is 0.551 bits per heavy atom. The summed E-state index contributed by atoms with van der Waals surface area (Å²) in [6.45, 7) is 52.6. The maximum absolute atomic E-state index is 11.3. The highest BCUT2D eigenvalue weighted by atomic mass is 16.5. The molecule has 0 aromatic heterocycles. The normalized spacial score (nSPS) is 12.7. The Morgan fingerprint density at radius 2 is 1.00 bits per heavy atom. The summed E-state index contributed by atoms with van der Waals surface area (Å²) in [7, 11) is 0. The van der Waals surface area contributed by atoms with Crippen LogP contribution in [0.4, 0.5) is 0 Å². The van der Waals surface area contributed by atoms with Crippen molar-refractivity contribution in [3.05, 3.63) is 77.4 Å². The highest BCUT2D eigenvalue weighted by molar-refractivity contribution is 5.76. The molecule has 0 aliphatic heterocycles. The molecule has 0 radical (unpaired) electrons. The molecule has 3 unspecified atom stereocenters. The van der Waals surface area contributed by atoms with Gasteiger partial charge in [0.1, 0.15) is 11.5 Å². The summed E-state index contributed by atoms with van der Waals surface area (Å²) in [6, 6.07) is 16.6. The lowest BCUT2D eigenvalue weighted by molar-refractivity contribution is -0.158. The lowest BCUT2D eigenvalue weighted by atomic mass is 9.91. The largest absolute Gasteiger partial charge is 0.491 e. The average Bonchev–Trinajstić information content (AvgIpc) is 3.28. The number of allylic oxidation sites excluding steroid dienone is 3. The van der Waals surface area contributed by atoms with Crippen LogP contribution in [0.3, 0.4) is 0 Å². The molecule has 0 saturated heterocycles. The summed E-state index contributed by atoms with van der Waals surface area (Å²) < 4.78 is 32.0. The van der Waals surface area contributed by atoms with Crippen LogP contribution in [-0.4, -0.2) is 61.8 Å². The smallest absolute Gasteiger partial charge is 0.311 e. The first-order valence-corrected chi connectivity index (χ1v) is 26.5. The summed E-state index contributed by atoms with van der Waals surface area (Å²) >= 11 is 0. The second kappa shape index (κ2) is 43.2. The molecule has 0 N–H and O–H groups in total. The Hall–Kier alpha value is -3.62. The lowest BCUT2D eigenvalue weighted by Crippen LogP contribution is -2.28. The topological polar surface area (TPSA) is 89.5 Å². The zero-order valence-electron chi connectivity index (χ0n) is 49.4. The summed E-state index contributed by atoms with van der Waals surface area (Å²) in [5.41, 5.74) is 5.01. The van der Waals surface area contributed by atoms with Crippen LogP contribution in [0.1, 0.15) is 229 Å². The fourth-order valence-electron chi connectivity index (χ4n) is 4.96. The summed E-state index contributed by atoms with van der Waals surface area (Å²) in [5.74, 6) is 3.22. The molecular formula is C61H110O8. The van der Waals surface area contributed by atoms with E-state index in [1.807, 2.05) is 109 Å². The van der Waals surface area contributed by atoms with Gasteiger partial charge in [0.2, 0.25) is 0 Å². The van der Waals surface area contributed by atoms with Crippen molar-refractivity contribution in [1.82, 2.24) is 0 Å². The van der Waals surface area contributed by atoms with Gasteiger partial charge in [-0.1, -0.05) is 96.9 Å². The molecule has 2 rings (SSSR count). The third-order valence-electron chi connectivity index (χ3n) is 10.9. The SMILES string of the molecule is C/C=C(/C)CCOC(C)C.C/C=C(/C)c1ccc(OC(C)C)cc1.CCC(C)(C)C(=O)OC(C)C.CCC(C)C(=O)OC(C)C.CCC(C)CCOC(C)C.CCC(C)c1ccc(OC(C)C)cc1. The van der Waals surface area contributed by atoms with Crippen molar-refractivity contribution in [3.8, 4) is 11.5 Å². The number of ether oxygens (including phenoxy) is 6. The van der Waals surface area contributed by atoms with Gasteiger partial charge < -0.3 is 28.4 Å². The maximum atomic E-state index is 11.3. The molecule has 0 bridgehead atoms. The van der Waals surface area contributed by atoms with E-state index in [4.69, 9.17) is 28.4 Å². The standard InChI is InChI=1S/C13H20O.C13H18O.C9H18O2.C9H20O.C9H18O.C8H16O2/c2*1-5-11(4)12-6-8-13(9-7-12)14-10(2)3;1-6-9(4,5)8(10)11-7(2)3;2*1-5-9(4)6-7-10-8(2)3;1-5-7(4)8(9)10-6(2)3/h6-11H,5H2,1-4H3;5-10H,1-4H3;7H,6H2,1-5H3;8-9H,5-7H2,1-4H3;5,8H,6-7H2,1-4H3;6-7H,5H2,1-4H3/b;11-5-;;;9-5-;. The third kappa shape index (κ3) is 44.1. The molecule has 0 aliphatic carbocycles. The predicted octanol–water partition coefficient (Wildman–Crippen LogP) is 17.9. The third-order valence-corrected chi connectivity index (χ3v) is 10.9. The van der Waals surface area contributed by atoms with Crippen LogP contribution in [0.25, 0.3) is 5.57 Å². The van der Waals surface area contributed by atoms with Crippen molar-refractivity contribution in [2.24, 2.45) is 17.3 Å². The van der Waals surface area contributed by atoms with E-state index in [1.54, 1.807) is 0 Å². The van der Waals surface area contributed by atoms with Gasteiger partial charge in [-0.05, 0) is 210 Å². The van der Waals surface area contributed by atoms with Crippen molar-refractivity contribution in [2.75, 3.05) is 13.2 Å². The van der Waals surface area contributed by atoms with E-state index in [9.17, 15) is 9.59 Å². The molecule has 0 heterocycles. The number of esters is 2. The monoisotopic (exact) mass is 971 g/mol. The van der Waals surface area contributed by atoms with Gasteiger partial charge in [0.15, 0.2) is 0 Å². The molecule has 8 nitrogen and oxygen atoms in total. The minimum absolute atomic E-state index is 0.00618. The first-order chi connectivity index (χ1) is 32.1. The number of hydrogen-bond acceptors (Lipinski definition) is 8. The van der Waals surface area contributed by atoms with E-state index in [1.165, 1.54) is 41.5 Å². The van der Waals surface area contributed by atoms with E-state index < -0.39 is 0 Å². The Labute approximate surface area is 427 Å². The van der Waals surface area contributed by atoms with Crippen molar-refractivity contribution in [2.45, 2.75) is 254 Å². The van der Waals surface area contributed by atoms with Crippen LogP contribution in [0.15, 0.2) is 66.3 Å². The van der Waals surface area contributed by atoms with Gasteiger partial charge in [-0.3, -0.25) is 9.59 Å². The number of rotatable bonds is 22. The van der Waals surface area contributed by atoms with Crippen molar-refractivity contribution < 1.29 is 38.0 Å². The maximum Gasteiger partial charge on any atom is 0.311 e. The Bertz CT molecular complexity index is 1570. The van der Waals surface area contributed by atoms with Crippen LogP contribution in [0.2, 0.25) is 0 Å². The molecule has 69 heavy (non-hydrogen) atoms. The Morgan fingerprint density at radius 3 is 1.35 bits per heavy atom. The number of carbonyl (C=O) groups excluding carboxylic acids is 2. The van der Waals surface area contributed by atoms with E-state index >= 15 is 0 Å². The lowest BCUT2D eigenvalue weighted by Gasteiger charge is -2.21. The van der Waals surface area contributed by atoms with Crippen LogP contribution in [-0.2, 0) is 28.5 Å². The van der Waals surface area contributed by atoms with Gasteiger partial charge in [0, 0.05) is 6.61 Å². The van der Waals surface area contributed by atoms with Gasteiger partial charge in [0.05, 0.1) is 54.6 Å². The molecule has 0 saturated carbocycles. The predicted molar refractivity (Wildman–Crippen MR) is 299 cm³/mol. The number of carbonyl (C=O) groups is 2. The molecule has 0 fully saturated rings. The zero-order chi connectivity index (χ0) is 54.3. The molecule has 2 aromatic carbocycles. The minimum atomic E-state index is -0.329. The molecule has 3 atom stereocenters. The van der Waals surface area contributed by atoms with Crippen LogP contribution in [0, 0.1) is 17.3 Å². The van der Waals surface area contributed by atoms with Gasteiger partial charge in [-0.25, -0.2) is 0 Å². The Kier molecular flexibility index (Phi) is 45.0. The van der Waals surface area contributed by atoms with Gasteiger partial charge in [-0.15, -0.1) is 0 Å². The van der Waals surface area contributed by atoms with E-state index in [2.05, 4.69) is 125 Å². The number of benzene rings is 2. The molecule has 0 amide bonds. The first-order valence-electron chi connectivity index (χ1n) is 26.5. The Balaban J connectivity index is -0.000000370. The molecule has 0 spiro atoms. The van der Waals surface area contributed by atoms with Crippen LogP contribution in [0.5, 0.6) is 11.5 Å². The molecule has 2 aromatic rings. The second-order valence-corrected chi connectivity index (χ2v) is 20.2. The van der Waals surface area contributed by atoms with Gasteiger partial charge in [-0.2, -0.15) is 0 Å². The highest BCUT2D eigenvalue weighted by Gasteiger charge is 2.27. The first kappa shape index (κ1) is 71.9. The minimum Gasteiger partial charge on any atom is -0.491 e. The van der Waals surface area contributed by atoms with E-state index in [0.717, 1.165) is 49.9 Å². The van der Waals surface area contributed by atoms with Crippen LogP contribution < -0.4 is 9.47 Å². The van der Waals surface area contributed by atoms with Crippen LogP contribution >= 0.6 is 0 Å². The van der Waals surface area contributed by atoms with Gasteiger partial charge in [0.25, 0.3) is 0 Å². The fourth-order valence-corrected chi connectivity index (χ4v) is 4.96. The molecular weight excluding hydrogens is 861 g/mol. The summed E-state index contributed by atoms with van der Waals surface area (Å²) in [5, 5.41) is 0. The summed E-state index contributed by atoms with van der Waals surface area (Å²) in [6.07, 6.45) is 11.9. The van der Waals surface area contributed by atoms with Gasteiger partial charge >= 0.3 is 11.9 Å². The van der Waals surface area contributed by atoms with E-state index in [-0.39, 0.29) is 47.7 Å². The quantitative estimate of drug-likeness (QED) is 0.0851. The second-order valence-electron chi connectivity index (χ2n) is 20.2. The van der Waals surface area contributed by atoms with Crippen molar-refractivity contribution in [3.63, 3.8) is 0 Å². The molecule has 0 aliphatic rings. The van der Waals surface area contributed by atoms with E-state index in [0.29, 0.717) is 18.1 Å². The van der Waals surface area contributed by atoms with Crippen molar-refractivity contribution in [1.29, 1.82) is 0 Å². The molecule has 8 heteroatoms. The highest BCUT2D eigenvalue weighted by Crippen LogP contribution is 2.23. The van der Waals surface area contributed by atoms with Crippen molar-refractivity contribution >= 4 is 17.5 Å². The number of hydrogen-bond donors (Lipinski definition) is 0. The average molecular weight is 972 g/mol. The molecule has 402 valence electrons. The summed E-state index contributed by atoms with van der Waals surface area (Å²) in [4.78, 5) is 22.2.